The summed E-state index contributed by atoms with van der Waals surface area (Å²) in [6, 6.07) is 8.40. The van der Waals surface area contributed by atoms with E-state index in [1.807, 2.05) is 24.3 Å². The van der Waals surface area contributed by atoms with E-state index in [2.05, 4.69) is 18.9 Å². The topological polar surface area (TPSA) is 38.5 Å². The monoisotopic (exact) mass is 276 g/mol. The lowest BCUT2D eigenvalue weighted by Gasteiger charge is -2.33. The molecule has 0 radical (unpaired) electrons. The smallest absolute Gasteiger partial charge is 0.119 e. The van der Waals surface area contributed by atoms with Gasteiger partial charge in [0.25, 0.3) is 0 Å². The summed E-state index contributed by atoms with van der Waals surface area (Å²) in [5, 5.41) is 0. The summed E-state index contributed by atoms with van der Waals surface area (Å²) < 4.78 is 5.73. The van der Waals surface area contributed by atoms with Gasteiger partial charge in [-0.25, -0.2) is 0 Å². The Balaban J connectivity index is 1.61. The van der Waals surface area contributed by atoms with Crippen molar-refractivity contribution in [3.63, 3.8) is 0 Å². The van der Waals surface area contributed by atoms with Crippen molar-refractivity contribution in [1.29, 1.82) is 0 Å². The molecular formula is C17H28N2O. The van der Waals surface area contributed by atoms with Crippen molar-refractivity contribution in [2.75, 3.05) is 25.9 Å². The van der Waals surface area contributed by atoms with Crippen LogP contribution in [0.3, 0.4) is 0 Å². The number of nitrogens with zero attached hydrogens (tertiary/aromatic N) is 1. The second-order valence-corrected chi connectivity index (χ2v) is 6.17. The first-order chi connectivity index (χ1) is 9.65. The van der Waals surface area contributed by atoms with Crippen LogP contribution in [0.15, 0.2) is 24.3 Å². The predicted molar refractivity (Wildman–Crippen MR) is 85.0 cm³/mol. The van der Waals surface area contributed by atoms with Gasteiger partial charge in [0, 0.05) is 18.3 Å². The van der Waals surface area contributed by atoms with Crippen molar-refractivity contribution in [2.24, 2.45) is 5.92 Å². The third-order valence-electron chi connectivity index (χ3n) is 4.41. The molecule has 0 bridgehead atoms. The van der Waals surface area contributed by atoms with Gasteiger partial charge < -0.3 is 15.4 Å². The standard InChI is InChI=1S/C17H28N2O/c1-14-4-8-16(9-5-14)19(2)12-3-13-20-17-10-6-15(18)7-11-17/h6-7,10-11,14,16H,3-5,8-9,12-13,18H2,1-2H3. The fourth-order valence-corrected chi connectivity index (χ4v) is 2.93. The third-order valence-corrected chi connectivity index (χ3v) is 4.41. The van der Waals surface area contributed by atoms with Crippen LogP contribution in [0.2, 0.25) is 0 Å². The van der Waals surface area contributed by atoms with Crippen molar-refractivity contribution < 1.29 is 4.74 Å². The van der Waals surface area contributed by atoms with Crippen molar-refractivity contribution in [3.8, 4) is 5.75 Å². The second-order valence-electron chi connectivity index (χ2n) is 6.17. The predicted octanol–water partition coefficient (Wildman–Crippen LogP) is 3.55. The minimum absolute atomic E-state index is 0.775. The van der Waals surface area contributed by atoms with E-state index in [1.54, 1.807) is 0 Å². The summed E-state index contributed by atoms with van der Waals surface area (Å²) in [6.07, 6.45) is 6.56. The van der Waals surface area contributed by atoms with E-state index in [1.165, 1.54) is 25.7 Å². The van der Waals surface area contributed by atoms with Gasteiger partial charge in [0.15, 0.2) is 0 Å². The minimum Gasteiger partial charge on any atom is -0.494 e. The van der Waals surface area contributed by atoms with Crippen LogP contribution in [-0.2, 0) is 0 Å². The summed E-state index contributed by atoms with van der Waals surface area (Å²) in [4.78, 5) is 2.51. The molecule has 1 aromatic rings. The molecular weight excluding hydrogens is 248 g/mol. The van der Waals surface area contributed by atoms with E-state index in [-0.39, 0.29) is 0 Å². The van der Waals surface area contributed by atoms with Gasteiger partial charge in [-0.2, -0.15) is 0 Å². The maximum Gasteiger partial charge on any atom is 0.119 e. The summed E-state index contributed by atoms with van der Waals surface area (Å²) >= 11 is 0. The molecule has 112 valence electrons. The third kappa shape index (κ3) is 4.71. The molecule has 3 heteroatoms. The first kappa shape index (κ1) is 15.2. The second kappa shape index (κ2) is 7.53. The Hall–Kier alpha value is -1.22. The van der Waals surface area contributed by atoms with Gasteiger partial charge >= 0.3 is 0 Å². The number of ether oxygens (including phenoxy) is 1. The highest BCUT2D eigenvalue weighted by Crippen LogP contribution is 2.26. The zero-order chi connectivity index (χ0) is 14.4. The van der Waals surface area contributed by atoms with Crippen LogP contribution in [0.4, 0.5) is 5.69 Å². The highest BCUT2D eigenvalue weighted by atomic mass is 16.5. The van der Waals surface area contributed by atoms with Crippen molar-refractivity contribution >= 4 is 5.69 Å². The summed E-state index contributed by atoms with van der Waals surface area (Å²) in [5.74, 6) is 1.84. The quantitative estimate of drug-likeness (QED) is 0.638. The van der Waals surface area contributed by atoms with Crippen LogP contribution in [0.1, 0.15) is 39.0 Å². The molecule has 1 aromatic carbocycles. The van der Waals surface area contributed by atoms with Crippen LogP contribution in [0.5, 0.6) is 5.75 Å². The molecule has 0 heterocycles. The molecule has 1 aliphatic rings. The Morgan fingerprint density at radius 2 is 1.80 bits per heavy atom. The highest BCUT2D eigenvalue weighted by molar-refractivity contribution is 5.41. The zero-order valence-corrected chi connectivity index (χ0v) is 12.8. The lowest BCUT2D eigenvalue weighted by atomic mass is 9.87. The van der Waals surface area contributed by atoms with E-state index in [0.29, 0.717) is 0 Å². The van der Waals surface area contributed by atoms with Crippen LogP contribution in [-0.4, -0.2) is 31.1 Å². The molecule has 2 N–H and O–H groups in total. The van der Waals surface area contributed by atoms with Gasteiger partial charge in [-0.3, -0.25) is 0 Å². The van der Waals surface area contributed by atoms with Gasteiger partial charge in [-0.05, 0) is 69.3 Å². The van der Waals surface area contributed by atoms with Crippen LogP contribution >= 0.6 is 0 Å². The lowest BCUT2D eigenvalue weighted by molar-refractivity contribution is 0.159. The summed E-state index contributed by atoms with van der Waals surface area (Å²) in [5.41, 5.74) is 6.43. The zero-order valence-electron chi connectivity index (χ0n) is 12.8. The van der Waals surface area contributed by atoms with Gasteiger partial charge in [-0.1, -0.05) is 6.92 Å². The number of nitrogen functional groups attached to an aromatic ring is 1. The Morgan fingerprint density at radius 3 is 2.45 bits per heavy atom. The molecule has 1 aliphatic carbocycles. The van der Waals surface area contributed by atoms with Gasteiger partial charge in [0.1, 0.15) is 5.75 Å². The van der Waals surface area contributed by atoms with Crippen molar-refractivity contribution in [3.05, 3.63) is 24.3 Å². The molecule has 2 rings (SSSR count). The molecule has 1 saturated carbocycles. The van der Waals surface area contributed by atoms with Crippen molar-refractivity contribution in [2.45, 2.75) is 45.1 Å². The Labute approximate surface area is 123 Å². The van der Waals surface area contributed by atoms with Gasteiger partial charge in [-0.15, -0.1) is 0 Å². The number of anilines is 1. The Morgan fingerprint density at radius 1 is 1.15 bits per heavy atom. The molecule has 0 atom stereocenters. The fraction of sp³-hybridized carbons (Fsp3) is 0.647. The number of nitrogens with two attached hydrogens (primary N) is 1. The maximum absolute atomic E-state index is 5.73. The molecule has 0 spiro atoms. The first-order valence-electron chi connectivity index (χ1n) is 7.83. The highest BCUT2D eigenvalue weighted by Gasteiger charge is 2.21. The summed E-state index contributed by atoms with van der Waals surface area (Å²) in [7, 11) is 2.25. The largest absolute Gasteiger partial charge is 0.494 e. The first-order valence-corrected chi connectivity index (χ1v) is 7.83. The molecule has 20 heavy (non-hydrogen) atoms. The molecule has 3 nitrogen and oxygen atoms in total. The van der Waals surface area contributed by atoms with E-state index in [4.69, 9.17) is 10.5 Å². The normalized spacial score (nSPS) is 22.9. The Bertz CT molecular complexity index is 382. The fourth-order valence-electron chi connectivity index (χ4n) is 2.93. The minimum atomic E-state index is 0.775. The molecule has 0 unspecified atom stereocenters. The Kier molecular flexibility index (Phi) is 5.72. The molecule has 0 amide bonds. The van der Waals surface area contributed by atoms with Crippen LogP contribution in [0, 0.1) is 5.92 Å². The molecule has 0 aromatic heterocycles. The van der Waals surface area contributed by atoms with Crippen molar-refractivity contribution in [1.82, 2.24) is 4.90 Å². The van der Waals surface area contributed by atoms with E-state index in [9.17, 15) is 0 Å². The molecule has 0 saturated heterocycles. The van der Waals surface area contributed by atoms with Gasteiger partial charge in [0.2, 0.25) is 0 Å². The lowest BCUT2D eigenvalue weighted by Crippen LogP contribution is -2.35. The average Bonchev–Trinajstić information content (AvgIpc) is 2.46. The number of rotatable bonds is 6. The molecule has 1 fully saturated rings. The maximum atomic E-state index is 5.73. The van der Waals surface area contributed by atoms with E-state index in [0.717, 1.165) is 43.0 Å². The SMILES string of the molecule is CC1CCC(N(C)CCCOc2ccc(N)cc2)CC1. The number of benzene rings is 1. The van der Waals surface area contributed by atoms with Crippen LogP contribution in [0.25, 0.3) is 0 Å². The van der Waals surface area contributed by atoms with Crippen LogP contribution < -0.4 is 10.5 Å². The number of hydrogen-bond acceptors (Lipinski definition) is 3. The van der Waals surface area contributed by atoms with E-state index >= 15 is 0 Å². The number of hydrogen-bond donors (Lipinski definition) is 1. The van der Waals surface area contributed by atoms with Gasteiger partial charge in [0.05, 0.1) is 6.61 Å². The summed E-state index contributed by atoms with van der Waals surface area (Å²) in [6.45, 7) is 4.27. The van der Waals surface area contributed by atoms with E-state index < -0.39 is 0 Å². The molecule has 0 aliphatic heterocycles. The average molecular weight is 276 g/mol.